The fourth-order valence-electron chi connectivity index (χ4n) is 2.05. The van der Waals surface area contributed by atoms with Gasteiger partial charge in [0.15, 0.2) is 0 Å². The normalized spacial score (nSPS) is 16.2. The second-order valence-electron chi connectivity index (χ2n) is 5.00. The summed E-state index contributed by atoms with van der Waals surface area (Å²) in [7, 11) is -1.31. The molecule has 0 aliphatic carbocycles. The van der Waals surface area contributed by atoms with Crippen LogP contribution in [0.3, 0.4) is 0 Å². The van der Waals surface area contributed by atoms with Crippen LogP contribution in [0, 0.1) is 5.69 Å². The van der Waals surface area contributed by atoms with Crippen LogP contribution >= 0.6 is 0 Å². The molecule has 1 aromatic heterocycles. The lowest BCUT2D eigenvalue weighted by atomic mass is 10.1. The Morgan fingerprint density at radius 2 is 2.38 bits per heavy atom. The van der Waals surface area contributed by atoms with Crippen molar-refractivity contribution in [1.82, 2.24) is 10.6 Å². The molecule has 126 valence electrons. The molecule has 1 amide bonds. The van der Waals surface area contributed by atoms with Crippen molar-refractivity contribution in [3.05, 3.63) is 54.0 Å². The van der Waals surface area contributed by atoms with Crippen LogP contribution < -0.4 is 10.6 Å². The molecule has 0 aromatic carbocycles. The summed E-state index contributed by atoms with van der Waals surface area (Å²) in [5, 5.41) is 5.65. The lowest BCUT2D eigenvalue weighted by Gasteiger charge is -2.09. The van der Waals surface area contributed by atoms with Crippen LogP contribution in [-0.4, -0.2) is 35.3 Å². The van der Waals surface area contributed by atoms with Gasteiger partial charge in [0.1, 0.15) is 11.5 Å². The first kappa shape index (κ1) is 17.7. The average Bonchev–Trinajstić information content (AvgIpc) is 3.02. The standard InChI is InChI=1S/C17H19N3O3S/c1-3-4-13(9-14-10-19-12-20-17(14)21)16-6-5-15(23-16)11-18-7-8-24(2)22/h2-6,9,12,18H,1,7-8,10-11H2,(H,19,20,21)/b13-4+,14-9+. The molecule has 1 aliphatic heterocycles. The van der Waals surface area contributed by atoms with Crippen molar-refractivity contribution < 1.29 is 13.4 Å². The first-order valence-electron chi connectivity index (χ1n) is 7.35. The largest absolute Gasteiger partial charge is 0.460 e. The zero-order valence-corrected chi connectivity index (χ0v) is 14.0. The summed E-state index contributed by atoms with van der Waals surface area (Å²) in [5.74, 6) is 1.57. The molecule has 0 fully saturated rings. The van der Waals surface area contributed by atoms with Crippen molar-refractivity contribution >= 4 is 28.0 Å². The van der Waals surface area contributed by atoms with Crippen LogP contribution in [0.2, 0.25) is 0 Å². The number of amides is 1. The summed E-state index contributed by atoms with van der Waals surface area (Å²) in [6.45, 7) is 5.05. The summed E-state index contributed by atoms with van der Waals surface area (Å²) in [6.07, 6.45) is 6.53. The van der Waals surface area contributed by atoms with E-state index in [9.17, 15) is 9.00 Å². The minimum Gasteiger partial charge on any atom is -0.460 e. The Hall–Kier alpha value is -2.60. The van der Waals surface area contributed by atoms with Gasteiger partial charge in [-0.15, -0.1) is 0 Å². The monoisotopic (exact) mass is 345 g/mol. The van der Waals surface area contributed by atoms with E-state index in [-0.39, 0.29) is 5.91 Å². The Morgan fingerprint density at radius 1 is 1.54 bits per heavy atom. The molecule has 0 spiro atoms. The lowest BCUT2D eigenvalue weighted by Crippen LogP contribution is -2.28. The predicted octanol–water partition coefficient (Wildman–Crippen LogP) is 1.36. The van der Waals surface area contributed by atoms with E-state index < -0.39 is 10.2 Å². The third-order valence-electron chi connectivity index (χ3n) is 3.19. The highest BCUT2D eigenvalue weighted by atomic mass is 32.2. The quantitative estimate of drug-likeness (QED) is 0.444. The number of furan rings is 1. The molecule has 2 heterocycles. The summed E-state index contributed by atoms with van der Waals surface area (Å²) in [4.78, 5) is 15.8. The van der Waals surface area contributed by atoms with E-state index in [2.05, 4.69) is 22.2 Å². The Kier molecular flexibility index (Phi) is 6.57. The van der Waals surface area contributed by atoms with E-state index in [1.54, 1.807) is 18.2 Å². The molecular weight excluding hydrogens is 326 g/mol. The number of aliphatic imine (C=N–C) groups is 1. The second kappa shape index (κ2) is 8.88. The van der Waals surface area contributed by atoms with Crippen molar-refractivity contribution in [2.24, 2.45) is 4.99 Å². The fourth-order valence-corrected chi connectivity index (χ4v) is 2.40. The summed E-state index contributed by atoms with van der Waals surface area (Å²) >= 11 is 0. The van der Waals surface area contributed by atoms with Crippen LogP contribution in [0.15, 0.2) is 51.9 Å². The molecule has 1 aromatic rings. The maximum absolute atomic E-state index is 11.8. The van der Waals surface area contributed by atoms with Crippen molar-refractivity contribution in [1.29, 1.82) is 0 Å². The van der Waals surface area contributed by atoms with Gasteiger partial charge in [-0.25, -0.2) is 4.21 Å². The summed E-state index contributed by atoms with van der Waals surface area (Å²) < 4.78 is 16.6. The van der Waals surface area contributed by atoms with E-state index in [1.807, 2.05) is 12.1 Å². The van der Waals surface area contributed by atoms with Gasteiger partial charge in [0.25, 0.3) is 5.91 Å². The van der Waals surface area contributed by atoms with Gasteiger partial charge >= 0.3 is 0 Å². The third kappa shape index (κ3) is 5.24. The third-order valence-corrected chi connectivity index (χ3v) is 3.80. The molecule has 2 N–H and O–H groups in total. The van der Waals surface area contributed by atoms with Crippen LogP contribution in [0.4, 0.5) is 0 Å². The van der Waals surface area contributed by atoms with E-state index in [1.165, 1.54) is 6.34 Å². The molecule has 0 radical (unpaired) electrons. The van der Waals surface area contributed by atoms with Crippen molar-refractivity contribution in [3.63, 3.8) is 0 Å². The number of hydrogen-bond acceptors (Lipinski definition) is 5. The molecule has 0 saturated carbocycles. The van der Waals surface area contributed by atoms with E-state index in [0.29, 0.717) is 36.7 Å². The van der Waals surface area contributed by atoms with Crippen LogP contribution in [-0.2, 0) is 21.5 Å². The number of allylic oxidation sites excluding steroid dienone is 4. The maximum atomic E-state index is 11.8. The molecule has 0 bridgehead atoms. The molecule has 24 heavy (non-hydrogen) atoms. The molecule has 1 aliphatic rings. The first-order valence-corrected chi connectivity index (χ1v) is 8.73. The molecule has 2 rings (SSSR count). The summed E-state index contributed by atoms with van der Waals surface area (Å²) in [5.41, 5.74) is 6.48. The number of carbonyl (C=O) groups is 1. The topological polar surface area (TPSA) is 83.7 Å². The van der Waals surface area contributed by atoms with E-state index in [0.717, 1.165) is 11.3 Å². The van der Waals surface area contributed by atoms with Crippen LogP contribution in [0.5, 0.6) is 0 Å². The number of nitrogens with zero attached hydrogens (tertiary/aromatic N) is 1. The Bertz CT molecular complexity index is 828. The predicted molar refractivity (Wildman–Crippen MR) is 96.1 cm³/mol. The van der Waals surface area contributed by atoms with Crippen LogP contribution in [0.25, 0.3) is 5.57 Å². The highest BCUT2D eigenvalue weighted by Gasteiger charge is 2.13. The zero-order chi connectivity index (χ0) is 17.4. The van der Waals surface area contributed by atoms with Crippen molar-refractivity contribution in [2.75, 3.05) is 18.8 Å². The van der Waals surface area contributed by atoms with Crippen LogP contribution in [0.1, 0.15) is 11.5 Å². The van der Waals surface area contributed by atoms with E-state index >= 15 is 0 Å². The SMILES string of the molecule is C#S(=O)CCNCc1ccc(C(/C=C2\CN=CNC2=O)=C/C=C)o1. The van der Waals surface area contributed by atoms with Gasteiger partial charge in [0, 0.05) is 27.9 Å². The Morgan fingerprint density at radius 3 is 3.08 bits per heavy atom. The van der Waals surface area contributed by atoms with Crippen molar-refractivity contribution in [3.8, 4) is 5.69 Å². The molecule has 6 nitrogen and oxygen atoms in total. The molecule has 0 atom stereocenters. The molecule has 0 saturated heterocycles. The Labute approximate surface area is 142 Å². The summed E-state index contributed by atoms with van der Waals surface area (Å²) in [6, 6.07) is 3.67. The minimum absolute atomic E-state index is 0.178. The zero-order valence-electron chi connectivity index (χ0n) is 13.2. The maximum Gasteiger partial charge on any atom is 0.254 e. The van der Waals surface area contributed by atoms with Gasteiger partial charge in [-0.3, -0.25) is 9.79 Å². The minimum atomic E-state index is -1.31. The van der Waals surface area contributed by atoms with Crippen molar-refractivity contribution in [2.45, 2.75) is 6.54 Å². The smallest absolute Gasteiger partial charge is 0.254 e. The van der Waals surface area contributed by atoms with Gasteiger partial charge in [-0.2, -0.15) is 0 Å². The van der Waals surface area contributed by atoms with Gasteiger partial charge in [0.2, 0.25) is 0 Å². The van der Waals surface area contributed by atoms with E-state index in [4.69, 9.17) is 10.1 Å². The van der Waals surface area contributed by atoms with Gasteiger partial charge in [0.05, 0.1) is 25.2 Å². The lowest BCUT2D eigenvalue weighted by molar-refractivity contribution is -0.116. The second-order valence-corrected chi connectivity index (χ2v) is 6.17. The number of rotatable bonds is 7. The molecular formula is C17H19N3O3S. The Balaban J connectivity index is 2.08. The highest BCUT2D eigenvalue weighted by molar-refractivity contribution is 7.73. The van der Waals surface area contributed by atoms with Gasteiger partial charge < -0.3 is 15.1 Å². The van der Waals surface area contributed by atoms with Gasteiger partial charge in [-0.05, 0) is 18.2 Å². The first-order chi connectivity index (χ1) is 11.6. The number of hydrogen-bond donors (Lipinski definition) is 2. The van der Waals surface area contributed by atoms with Gasteiger partial charge in [-0.1, -0.05) is 24.4 Å². The number of carbonyl (C=O) groups excluding carboxylic acids is 1. The number of nitrogens with one attached hydrogen (secondary N) is 2. The molecule has 7 heteroatoms. The molecule has 0 unspecified atom stereocenters. The average molecular weight is 345 g/mol. The fraction of sp³-hybridized carbons (Fsp3) is 0.235. The highest BCUT2D eigenvalue weighted by Crippen LogP contribution is 2.21.